The fourth-order valence-electron chi connectivity index (χ4n) is 4.73. The minimum atomic E-state index is -0.511. The van der Waals surface area contributed by atoms with Crippen molar-refractivity contribution in [2.75, 3.05) is 12.8 Å². The van der Waals surface area contributed by atoms with Gasteiger partial charge in [-0.1, -0.05) is 24.3 Å². The SMILES string of the molecule is COc1ccc(F)cc1C(=O)NCc1ccc(-c2nn([C@@H]3CCC[C@@H](O)C3)c3ncnc(N)c23)cc1. The van der Waals surface area contributed by atoms with Crippen LogP contribution < -0.4 is 15.8 Å². The van der Waals surface area contributed by atoms with Gasteiger partial charge in [0.15, 0.2) is 5.65 Å². The minimum absolute atomic E-state index is 0.0357. The molecule has 2 atom stereocenters. The van der Waals surface area contributed by atoms with Gasteiger partial charge in [0.25, 0.3) is 5.91 Å². The first-order valence-corrected chi connectivity index (χ1v) is 11.8. The summed E-state index contributed by atoms with van der Waals surface area (Å²) in [6.07, 6.45) is 4.32. The molecule has 0 bridgehead atoms. The first-order chi connectivity index (χ1) is 17.4. The molecule has 0 radical (unpaired) electrons. The van der Waals surface area contributed by atoms with Crippen molar-refractivity contribution in [1.82, 2.24) is 25.1 Å². The van der Waals surface area contributed by atoms with Crippen LogP contribution in [0, 0.1) is 5.82 Å². The monoisotopic (exact) mass is 490 g/mol. The molecule has 2 aromatic heterocycles. The molecule has 2 heterocycles. The number of carbonyl (C=O) groups is 1. The van der Waals surface area contributed by atoms with Crippen molar-refractivity contribution in [1.29, 1.82) is 0 Å². The molecule has 2 aromatic carbocycles. The summed E-state index contributed by atoms with van der Waals surface area (Å²) in [6, 6.07) is 11.4. The van der Waals surface area contributed by atoms with Crippen LogP contribution in [0.1, 0.15) is 47.6 Å². The average Bonchev–Trinajstić information content (AvgIpc) is 3.28. The highest BCUT2D eigenvalue weighted by atomic mass is 19.1. The molecule has 1 aliphatic carbocycles. The van der Waals surface area contributed by atoms with Gasteiger partial charge in [0.1, 0.15) is 29.4 Å². The van der Waals surface area contributed by atoms with E-state index in [1.54, 1.807) is 0 Å². The quantitative estimate of drug-likeness (QED) is 0.376. The second-order valence-corrected chi connectivity index (χ2v) is 8.95. The van der Waals surface area contributed by atoms with Gasteiger partial charge in [-0.2, -0.15) is 5.10 Å². The van der Waals surface area contributed by atoms with Crippen LogP contribution in [-0.4, -0.2) is 44.0 Å². The Balaban J connectivity index is 1.38. The summed E-state index contributed by atoms with van der Waals surface area (Å²) in [5.41, 5.74) is 9.36. The molecule has 0 saturated heterocycles. The summed E-state index contributed by atoms with van der Waals surface area (Å²) >= 11 is 0. The molecule has 9 nitrogen and oxygen atoms in total. The molecular formula is C26H27FN6O3. The lowest BCUT2D eigenvalue weighted by Gasteiger charge is -2.26. The smallest absolute Gasteiger partial charge is 0.255 e. The molecule has 0 aliphatic heterocycles. The van der Waals surface area contributed by atoms with Crippen molar-refractivity contribution in [2.24, 2.45) is 0 Å². The number of ether oxygens (including phenoxy) is 1. The van der Waals surface area contributed by atoms with Crippen molar-refractivity contribution >= 4 is 22.8 Å². The van der Waals surface area contributed by atoms with Gasteiger partial charge in [-0.05, 0) is 49.4 Å². The minimum Gasteiger partial charge on any atom is -0.496 e. The van der Waals surface area contributed by atoms with Gasteiger partial charge >= 0.3 is 0 Å². The highest BCUT2D eigenvalue weighted by Gasteiger charge is 2.26. The number of aliphatic hydroxyl groups excluding tert-OH is 1. The summed E-state index contributed by atoms with van der Waals surface area (Å²) in [7, 11) is 1.43. The molecule has 4 aromatic rings. The number of nitrogens with two attached hydrogens (primary N) is 1. The first kappa shape index (κ1) is 23.7. The highest BCUT2D eigenvalue weighted by molar-refractivity contribution is 5.98. The van der Waals surface area contributed by atoms with E-state index in [9.17, 15) is 14.3 Å². The molecule has 0 spiro atoms. The Morgan fingerprint density at radius 3 is 2.78 bits per heavy atom. The number of nitrogens with zero attached hydrogens (tertiary/aromatic N) is 4. The third-order valence-corrected chi connectivity index (χ3v) is 6.57. The summed E-state index contributed by atoms with van der Waals surface area (Å²) in [5.74, 6) is -0.294. The second kappa shape index (κ2) is 9.90. The van der Waals surface area contributed by atoms with Crippen molar-refractivity contribution in [3.63, 3.8) is 0 Å². The number of nitrogen functional groups attached to an aromatic ring is 1. The van der Waals surface area contributed by atoms with Crippen molar-refractivity contribution in [3.8, 4) is 17.0 Å². The number of rotatable bonds is 6. The van der Waals surface area contributed by atoms with Crippen LogP contribution in [0.3, 0.4) is 0 Å². The molecule has 186 valence electrons. The maximum absolute atomic E-state index is 13.6. The summed E-state index contributed by atoms with van der Waals surface area (Å²) < 4.78 is 20.6. The van der Waals surface area contributed by atoms with Crippen LogP contribution in [-0.2, 0) is 6.54 Å². The number of hydrogen-bond donors (Lipinski definition) is 3. The van der Waals surface area contributed by atoms with E-state index in [0.29, 0.717) is 34.7 Å². The number of benzene rings is 2. The van der Waals surface area contributed by atoms with Crippen LogP contribution >= 0.6 is 0 Å². The largest absolute Gasteiger partial charge is 0.496 e. The van der Waals surface area contributed by atoms with Gasteiger partial charge in [0.2, 0.25) is 0 Å². The topological polar surface area (TPSA) is 128 Å². The predicted octanol–water partition coefficient (Wildman–Crippen LogP) is 3.63. The van der Waals surface area contributed by atoms with E-state index in [0.717, 1.165) is 36.5 Å². The zero-order valence-corrected chi connectivity index (χ0v) is 19.8. The third-order valence-electron chi connectivity index (χ3n) is 6.57. The van der Waals surface area contributed by atoms with Gasteiger partial charge in [-0.25, -0.2) is 19.0 Å². The average molecular weight is 491 g/mol. The van der Waals surface area contributed by atoms with Crippen molar-refractivity contribution < 1.29 is 19.0 Å². The van der Waals surface area contributed by atoms with Crippen LogP contribution in [0.2, 0.25) is 0 Å². The van der Waals surface area contributed by atoms with E-state index < -0.39 is 11.7 Å². The lowest BCUT2D eigenvalue weighted by atomic mass is 9.93. The molecule has 5 rings (SSSR count). The standard InChI is InChI=1S/C26H27FN6O3/c1-36-21-10-9-17(27)11-20(21)26(35)29-13-15-5-7-16(8-6-15)23-22-24(28)30-14-31-25(22)33(32-23)18-3-2-4-19(34)12-18/h5-11,14,18-19,34H,2-4,12-13H2,1H3,(H,29,35)(H2,28,30,31)/t18-,19-/m1/s1. The van der Waals surface area contributed by atoms with Gasteiger partial charge in [0.05, 0.1) is 30.2 Å². The number of fused-ring (bicyclic) bond motifs is 1. The van der Waals surface area contributed by atoms with Crippen LogP contribution in [0.4, 0.5) is 10.2 Å². The second-order valence-electron chi connectivity index (χ2n) is 8.95. The molecular weight excluding hydrogens is 463 g/mol. The number of carbonyl (C=O) groups excluding carboxylic acids is 1. The highest BCUT2D eigenvalue weighted by Crippen LogP contribution is 2.36. The third kappa shape index (κ3) is 4.59. The Bertz CT molecular complexity index is 1410. The number of methoxy groups -OCH3 is 1. The summed E-state index contributed by atoms with van der Waals surface area (Å²) in [4.78, 5) is 21.2. The van der Waals surface area contributed by atoms with E-state index >= 15 is 0 Å². The van der Waals surface area contributed by atoms with Crippen molar-refractivity contribution in [2.45, 2.75) is 44.4 Å². The number of hydrogen-bond acceptors (Lipinski definition) is 7. The van der Waals surface area contributed by atoms with E-state index in [4.69, 9.17) is 15.6 Å². The Morgan fingerprint density at radius 2 is 2.03 bits per heavy atom. The fraction of sp³-hybridized carbons (Fsp3) is 0.308. The van der Waals surface area contributed by atoms with Gasteiger partial charge in [-0.15, -0.1) is 0 Å². The van der Waals surface area contributed by atoms with E-state index in [2.05, 4.69) is 15.3 Å². The zero-order chi connectivity index (χ0) is 25.2. The number of nitrogens with one attached hydrogen (secondary N) is 1. The van der Waals surface area contributed by atoms with E-state index in [-0.39, 0.29) is 24.3 Å². The van der Waals surface area contributed by atoms with Gasteiger partial charge < -0.3 is 20.9 Å². The molecule has 36 heavy (non-hydrogen) atoms. The molecule has 1 amide bonds. The lowest BCUT2D eigenvalue weighted by molar-refractivity contribution is 0.0947. The van der Waals surface area contributed by atoms with Crippen LogP contribution in [0.5, 0.6) is 5.75 Å². The Kier molecular flexibility index (Phi) is 6.51. The van der Waals surface area contributed by atoms with Crippen molar-refractivity contribution in [3.05, 3.63) is 65.7 Å². The maximum Gasteiger partial charge on any atom is 0.255 e. The number of halogens is 1. The molecule has 0 unspecified atom stereocenters. The number of aromatic nitrogens is 4. The Morgan fingerprint density at radius 1 is 1.22 bits per heavy atom. The molecule has 4 N–H and O–H groups in total. The first-order valence-electron chi connectivity index (χ1n) is 11.8. The van der Waals surface area contributed by atoms with Crippen LogP contribution in [0.25, 0.3) is 22.3 Å². The fourth-order valence-corrected chi connectivity index (χ4v) is 4.73. The van der Waals surface area contributed by atoms with E-state index in [1.807, 2.05) is 28.9 Å². The molecule has 1 fully saturated rings. The van der Waals surface area contributed by atoms with Crippen LogP contribution in [0.15, 0.2) is 48.8 Å². The van der Waals surface area contributed by atoms with Gasteiger partial charge in [0, 0.05) is 12.1 Å². The number of anilines is 1. The molecule has 1 aliphatic rings. The zero-order valence-electron chi connectivity index (χ0n) is 19.8. The summed E-state index contributed by atoms with van der Waals surface area (Å²) in [6.45, 7) is 0.249. The normalized spacial score (nSPS) is 17.8. The number of amides is 1. The Hall–Kier alpha value is -4.05. The van der Waals surface area contributed by atoms with E-state index in [1.165, 1.54) is 25.6 Å². The lowest BCUT2D eigenvalue weighted by Crippen LogP contribution is -2.23. The Labute approximate surface area is 207 Å². The summed E-state index contributed by atoms with van der Waals surface area (Å²) in [5, 5.41) is 18.5. The number of aliphatic hydroxyl groups is 1. The predicted molar refractivity (Wildman–Crippen MR) is 133 cm³/mol. The molecule has 10 heteroatoms. The molecule has 1 saturated carbocycles. The maximum atomic E-state index is 13.6. The van der Waals surface area contributed by atoms with Gasteiger partial charge in [-0.3, -0.25) is 4.79 Å².